The second-order valence-corrected chi connectivity index (χ2v) is 15.2. The first-order valence-electron chi connectivity index (χ1n) is 13.9. The van der Waals surface area contributed by atoms with Crippen molar-refractivity contribution in [3.05, 3.63) is 11.1 Å². The van der Waals surface area contributed by atoms with Crippen molar-refractivity contribution >= 4 is 5.97 Å². The lowest BCUT2D eigenvalue weighted by Crippen LogP contribution is -2.66. The molecule has 0 saturated heterocycles. The van der Waals surface area contributed by atoms with Crippen molar-refractivity contribution < 1.29 is 20.1 Å². The van der Waals surface area contributed by atoms with E-state index >= 15 is 0 Å². The molecule has 0 spiro atoms. The Kier molecular flexibility index (Phi) is 5.20. The monoisotopic (exact) mass is 472 g/mol. The summed E-state index contributed by atoms with van der Waals surface area (Å²) in [4.78, 5) is 12.8. The minimum absolute atomic E-state index is 0.0107. The molecule has 0 radical (unpaired) electrons. The van der Waals surface area contributed by atoms with Gasteiger partial charge in [-0.05, 0) is 103 Å². The van der Waals surface area contributed by atoms with Gasteiger partial charge in [0.25, 0.3) is 0 Å². The third kappa shape index (κ3) is 2.88. The molecule has 4 nitrogen and oxygen atoms in total. The van der Waals surface area contributed by atoms with Crippen LogP contribution in [0.5, 0.6) is 0 Å². The molecule has 2 unspecified atom stereocenters. The molecule has 0 heterocycles. The highest BCUT2D eigenvalue weighted by molar-refractivity contribution is 5.80. The predicted octanol–water partition coefficient (Wildman–Crippen LogP) is 6.35. The maximum atomic E-state index is 12.8. The fourth-order valence-corrected chi connectivity index (χ4v) is 10.7. The second-order valence-electron chi connectivity index (χ2n) is 15.2. The first-order chi connectivity index (χ1) is 15.6. The first kappa shape index (κ1) is 24.8. The molecule has 0 aromatic rings. The molecule has 8 atom stereocenters. The van der Waals surface area contributed by atoms with Crippen LogP contribution >= 0.6 is 0 Å². The largest absolute Gasteiger partial charge is 0.481 e. The minimum Gasteiger partial charge on any atom is -0.481 e. The van der Waals surface area contributed by atoms with Gasteiger partial charge in [0.05, 0.1) is 17.6 Å². The Bertz CT molecular complexity index is 932. The van der Waals surface area contributed by atoms with Gasteiger partial charge in [-0.15, -0.1) is 0 Å². The number of rotatable bonds is 1. The first-order valence-corrected chi connectivity index (χ1v) is 13.9. The molecule has 34 heavy (non-hydrogen) atoms. The Balaban J connectivity index is 1.63. The summed E-state index contributed by atoms with van der Waals surface area (Å²) in [6.07, 6.45) is 8.03. The standard InChI is InChI=1S/C30H48O4/c1-25(2)12-14-30(24(33)34)15-13-28(6)18(19(30)16-25)8-9-22-27(5)17-20(31)23(32)26(3,4)21(27)10-11-29(22,28)7/h20-23,31-32H,8-17H2,1-7H3,(H,33,34)/t20-,21?,22?,23+,27+,28-,29-,30+/m1/s1. The highest BCUT2D eigenvalue weighted by atomic mass is 16.4. The van der Waals surface area contributed by atoms with Gasteiger partial charge < -0.3 is 15.3 Å². The number of allylic oxidation sites excluding steroid dienone is 1. The number of hydrogen-bond donors (Lipinski definition) is 3. The van der Waals surface area contributed by atoms with Crippen LogP contribution in [0, 0.1) is 44.3 Å². The summed E-state index contributed by atoms with van der Waals surface area (Å²) >= 11 is 0. The van der Waals surface area contributed by atoms with Crippen molar-refractivity contribution in [2.24, 2.45) is 44.3 Å². The van der Waals surface area contributed by atoms with Crippen LogP contribution in [0.15, 0.2) is 11.1 Å². The zero-order chi connectivity index (χ0) is 25.1. The quantitative estimate of drug-likeness (QED) is 0.389. The number of aliphatic hydroxyl groups is 2. The summed E-state index contributed by atoms with van der Waals surface area (Å²) in [7, 11) is 0. The number of aliphatic carboxylic acids is 1. The van der Waals surface area contributed by atoms with Crippen LogP contribution in [0.1, 0.15) is 113 Å². The lowest BCUT2D eigenvalue weighted by Gasteiger charge is -2.71. The van der Waals surface area contributed by atoms with Gasteiger partial charge in [0, 0.05) is 0 Å². The van der Waals surface area contributed by atoms with Crippen molar-refractivity contribution in [3.63, 3.8) is 0 Å². The summed E-state index contributed by atoms with van der Waals surface area (Å²) in [6, 6.07) is 0. The van der Waals surface area contributed by atoms with Crippen molar-refractivity contribution in [1.82, 2.24) is 0 Å². The molecule has 4 heteroatoms. The molecule has 5 aliphatic carbocycles. The van der Waals surface area contributed by atoms with E-state index in [0.717, 1.165) is 57.8 Å². The highest BCUT2D eigenvalue weighted by Crippen LogP contribution is 2.75. The fraction of sp³-hybridized carbons (Fsp3) is 0.900. The van der Waals surface area contributed by atoms with E-state index in [1.54, 1.807) is 0 Å². The maximum absolute atomic E-state index is 12.8. The van der Waals surface area contributed by atoms with E-state index in [9.17, 15) is 20.1 Å². The minimum atomic E-state index is -0.670. The number of hydrogen-bond acceptors (Lipinski definition) is 3. The molecule has 0 aliphatic heterocycles. The molecule has 0 bridgehead atoms. The Hall–Kier alpha value is -0.870. The molecule has 3 N–H and O–H groups in total. The van der Waals surface area contributed by atoms with E-state index < -0.39 is 23.6 Å². The van der Waals surface area contributed by atoms with Gasteiger partial charge in [0.15, 0.2) is 0 Å². The van der Waals surface area contributed by atoms with Crippen LogP contribution in [-0.4, -0.2) is 33.5 Å². The molecule has 192 valence electrons. The van der Waals surface area contributed by atoms with Gasteiger partial charge >= 0.3 is 5.97 Å². The van der Waals surface area contributed by atoms with Crippen LogP contribution in [0.3, 0.4) is 0 Å². The van der Waals surface area contributed by atoms with Gasteiger partial charge in [-0.2, -0.15) is 0 Å². The van der Waals surface area contributed by atoms with E-state index in [1.807, 2.05) is 0 Å². The molecule has 4 saturated carbocycles. The van der Waals surface area contributed by atoms with Crippen molar-refractivity contribution in [3.8, 4) is 0 Å². The number of aliphatic hydroxyl groups excluding tert-OH is 2. The summed E-state index contributed by atoms with van der Waals surface area (Å²) in [5.41, 5.74) is 2.07. The van der Waals surface area contributed by atoms with Crippen LogP contribution < -0.4 is 0 Å². The van der Waals surface area contributed by atoms with Gasteiger partial charge in [0.1, 0.15) is 0 Å². The summed E-state index contributed by atoms with van der Waals surface area (Å²) in [6.45, 7) is 16.3. The van der Waals surface area contributed by atoms with Gasteiger partial charge in [-0.1, -0.05) is 59.6 Å². The summed E-state index contributed by atoms with van der Waals surface area (Å²) in [5.74, 6) is 0.273. The van der Waals surface area contributed by atoms with Crippen molar-refractivity contribution in [2.75, 3.05) is 0 Å². The summed E-state index contributed by atoms with van der Waals surface area (Å²) < 4.78 is 0. The van der Waals surface area contributed by atoms with E-state index in [1.165, 1.54) is 11.1 Å². The Morgan fingerprint density at radius 1 is 0.824 bits per heavy atom. The van der Waals surface area contributed by atoms with Gasteiger partial charge in [0.2, 0.25) is 0 Å². The Morgan fingerprint density at radius 2 is 1.47 bits per heavy atom. The lowest BCUT2D eigenvalue weighted by molar-refractivity contribution is -0.233. The molecule has 0 aromatic carbocycles. The van der Waals surface area contributed by atoms with Crippen LogP contribution in [-0.2, 0) is 4.79 Å². The topological polar surface area (TPSA) is 77.8 Å². The average Bonchev–Trinajstić information content (AvgIpc) is 2.72. The average molecular weight is 473 g/mol. The lowest BCUT2D eigenvalue weighted by atomic mass is 9.34. The van der Waals surface area contributed by atoms with Gasteiger partial charge in [-0.25, -0.2) is 0 Å². The number of fused-ring (bicyclic) bond motifs is 6. The second kappa shape index (κ2) is 7.12. The third-order valence-corrected chi connectivity index (χ3v) is 12.9. The van der Waals surface area contributed by atoms with E-state index in [4.69, 9.17) is 0 Å². The Morgan fingerprint density at radius 3 is 2.12 bits per heavy atom. The van der Waals surface area contributed by atoms with E-state index in [2.05, 4.69) is 48.5 Å². The number of carboxylic acid groups (broad SMARTS) is 1. The number of carboxylic acids is 1. The van der Waals surface area contributed by atoms with E-state index in [-0.39, 0.29) is 27.1 Å². The normalized spacial score (nSPS) is 51.6. The smallest absolute Gasteiger partial charge is 0.313 e. The van der Waals surface area contributed by atoms with Crippen molar-refractivity contribution in [2.45, 2.75) is 125 Å². The molecule has 0 aromatic heterocycles. The molecular formula is C30H48O4. The highest BCUT2D eigenvalue weighted by Gasteiger charge is 2.69. The van der Waals surface area contributed by atoms with Crippen molar-refractivity contribution in [1.29, 1.82) is 0 Å². The predicted molar refractivity (Wildman–Crippen MR) is 134 cm³/mol. The fourth-order valence-electron chi connectivity index (χ4n) is 10.7. The summed E-state index contributed by atoms with van der Waals surface area (Å²) in [5, 5.41) is 32.4. The van der Waals surface area contributed by atoms with Crippen LogP contribution in [0.2, 0.25) is 0 Å². The number of carbonyl (C=O) groups is 1. The zero-order valence-corrected chi connectivity index (χ0v) is 22.6. The molecule has 5 aliphatic rings. The maximum Gasteiger partial charge on any atom is 0.313 e. The van der Waals surface area contributed by atoms with Gasteiger partial charge in [-0.3, -0.25) is 4.79 Å². The SMILES string of the molecule is CC1(C)CC[C@]2(C(=O)O)CC[C@]3(C)C(=C2C1)CCC1[C@@]2(C)C[C@@H](O)[C@H](O)C(C)(C)C2CC[C@]13C. The van der Waals surface area contributed by atoms with Crippen LogP contribution in [0.25, 0.3) is 0 Å². The van der Waals surface area contributed by atoms with E-state index in [0.29, 0.717) is 18.3 Å². The molecule has 0 amide bonds. The molecular weight excluding hydrogens is 424 g/mol. The third-order valence-electron chi connectivity index (χ3n) is 12.9. The zero-order valence-electron chi connectivity index (χ0n) is 22.6. The molecule has 5 rings (SSSR count). The molecule has 4 fully saturated rings. The van der Waals surface area contributed by atoms with Crippen LogP contribution in [0.4, 0.5) is 0 Å². The Labute approximate surface area is 206 Å².